The maximum Gasteiger partial charge on any atom is 0.441 e. The lowest BCUT2D eigenvalue weighted by Gasteiger charge is -2.39. The minimum absolute atomic E-state index is 0.614. The first-order valence-corrected chi connectivity index (χ1v) is 6.15. The monoisotopic (exact) mass is 228 g/mol. The number of hydrogen-bond donors (Lipinski definition) is 1. The van der Waals surface area contributed by atoms with Crippen LogP contribution in [0.1, 0.15) is 32.1 Å². The van der Waals surface area contributed by atoms with Crippen LogP contribution in [0.15, 0.2) is 0 Å². The smallest absolute Gasteiger partial charge is 0.306 e. The zero-order valence-corrected chi connectivity index (χ0v) is 9.60. The molecule has 0 radical (unpaired) electrons. The Balaban J connectivity index is 1.78. The molecule has 92 valence electrons. The third-order valence-corrected chi connectivity index (χ3v) is 3.71. The minimum atomic E-state index is -0.614. The first-order chi connectivity index (χ1) is 7.81. The van der Waals surface area contributed by atoms with Crippen molar-refractivity contribution in [1.29, 1.82) is 0 Å². The van der Waals surface area contributed by atoms with Gasteiger partial charge in [0.25, 0.3) is 0 Å². The summed E-state index contributed by atoms with van der Waals surface area (Å²) in [7, 11) is 0. The van der Waals surface area contributed by atoms with Gasteiger partial charge < -0.3 is 9.80 Å². The molecule has 0 spiro atoms. The number of likely N-dealkylation sites (tertiary alicyclic amines) is 2. The van der Waals surface area contributed by atoms with Crippen molar-refractivity contribution in [2.24, 2.45) is 0 Å². The highest BCUT2D eigenvalue weighted by atomic mass is 17.1. The van der Waals surface area contributed by atoms with E-state index in [-0.39, 0.29) is 0 Å². The van der Waals surface area contributed by atoms with Crippen molar-refractivity contribution in [3.63, 3.8) is 0 Å². The third-order valence-electron chi connectivity index (χ3n) is 3.71. The van der Waals surface area contributed by atoms with Crippen molar-refractivity contribution in [3.05, 3.63) is 0 Å². The van der Waals surface area contributed by atoms with Crippen LogP contribution in [0.4, 0.5) is 4.79 Å². The summed E-state index contributed by atoms with van der Waals surface area (Å²) in [6.45, 7) is 3.80. The number of carbonyl (C=O) groups excluding carboxylic acids is 1. The predicted molar refractivity (Wildman–Crippen MR) is 59.1 cm³/mol. The Bertz CT molecular complexity index is 233. The van der Waals surface area contributed by atoms with E-state index < -0.39 is 6.09 Å². The molecule has 5 heteroatoms. The van der Waals surface area contributed by atoms with Crippen LogP contribution in [-0.4, -0.2) is 53.4 Å². The first kappa shape index (κ1) is 11.7. The molecule has 0 aliphatic carbocycles. The quantitative estimate of drug-likeness (QED) is 0.546. The summed E-state index contributed by atoms with van der Waals surface area (Å²) >= 11 is 0. The van der Waals surface area contributed by atoms with Crippen molar-refractivity contribution in [2.75, 3.05) is 26.2 Å². The van der Waals surface area contributed by atoms with E-state index in [2.05, 4.69) is 9.79 Å². The van der Waals surface area contributed by atoms with Crippen molar-refractivity contribution < 1.29 is 14.9 Å². The van der Waals surface area contributed by atoms with Gasteiger partial charge >= 0.3 is 6.09 Å². The molecule has 5 nitrogen and oxygen atoms in total. The Morgan fingerprint density at radius 2 is 1.69 bits per heavy atom. The molecule has 2 rings (SSSR count). The number of carbonyl (C=O) groups is 1. The summed E-state index contributed by atoms with van der Waals surface area (Å²) < 4.78 is 0. The van der Waals surface area contributed by atoms with Gasteiger partial charge in [-0.25, -0.2) is 4.79 Å². The molecule has 2 aliphatic rings. The molecule has 0 bridgehead atoms. The maximum atomic E-state index is 11.1. The molecule has 1 N–H and O–H groups in total. The van der Waals surface area contributed by atoms with Crippen LogP contribution in [0.25, 0.3) is 0 Å². The fourth-order valence-corrected chi connectivity index (χ4v) is 2.75. The van der Waals surface area contributed by atoms with E-state index in [1.807, 2.05) is 0 Å². The average Bonchev–Trinajstić information content (AvgIpc) is 2.39. The minimum Gasteiger partial charge on any atom is -0.306 e. The van der Waals surface area contributed by atoms with Crippen molar-refractivity contribution in [3.8, 4) is 0 Å². The second-order valence-corrected chi connectivity index (χ2v) is 4.67. The van der Waals surface area contributed by atoms with Crippen LogP contribution in [0, 0.1) is 0 Å². The largest absolute Gasteiger partial charge is 0.441 e. The molecule has 1 amide bonds. The van der Waals surface area contributed by atoms with Crippen LogP contribution >= 0.6 is 0 Å². The molecule has 0 aromatic carbocycles. The fourth-order valence-electron chi connectivity index (χ4n) is 2.75. The van der Waals surface area contributed by atoms with E-state index in [1.165, 1.54) is 32.4 Å². The molecular weight excluding hydrogens is 208 g/mol. The molecule has 2 heterocycles. The molecule has 16 heavy (non-hydrogen) atoms. The summed E-state index contributed by atoms with van der Waals surface area (Å²) in [4.78, 5) is 19.0. The molecule has 2 aliphatic heterocycles. The Morgan fingerprint density at radius 1 is 1.06 bits per heavy atom. The average molecular weight is 228 g/mol. The van der Waals surface area contributed by atoms with E-state index in [1.54, 1.807) is 4.90 Å². The normalized spacial score (nSPS) is 24.4. The van der Waals surface area contributed by atoms with Gasteiger partial charge in [-0.05, 0) is 38.8 Å². The molecule has 0 saturated carbocycles. The summed E-state index contributed by atoms with van der Waals surface area (Å²) in [6, 6.07) is 0.614. The van der Waals surface area contributed by atoms with Gasteiger partial charge in [-0.1, -0.05) is 6.42 Å². The van der Waals surface area contributed by atoms with Gasteiger partial charge in [-0.2, -0.15) is 5.26 Å². The highest BCUT2D eigenvalue weighted by molar-refractivity contribution is 5.66. The molecule has 0 aromatic rings. The zero-order chi connectivity index (χ0) is 11.4. The second-order valence-electron chi connectivity index (χ2n) is 4.67. The Morgan fingerprint density at radius 3 is 2.25 bits per heavy atom. The van der Waals surface area contributed by atoms with Gasteiger partial charge in [0.2, 0.25) is 0 Å². The molecule has 2 fully saturated rings. The van der Waals surface area contributed by atoms with Gasteiger partial charge in [-0.15, -0.1) is 0 Å². The van der Waals surface area contributed by atoms with Crippen molar-refractivity contribution in [2.45, 2.75) is 38.1 Å². The van der Waals surface area contributed by atoms with E-state index in [4.69, 9.17) is 5.26 Å². The number of rotatable bonds is 1. The molecule has 0 unspecified atom stereocenters. The lowest BCUT2D eigenvalue weighted by atomic mass is 10.0. The van der Waals surface area contributed by atoms with Gasteiger partial charge in [-0.3, -0.25) is 4.89 Å². The standard InChI is InChI=1S/C11H20N2O3/c14-11(16-15)13-8-4-10(5-9-13)12-6-2-1-3-7-12/h10,15H,1-9H2. The highest BCUT2D eigenvalue weighted by Gasteiger charge is 2.28. The molecule has 0 atom stereocenters. The van der Waals surface area contributed by atoms with Crippen LogP contribution in [-0.2, 0) is 4.89 Å². The summed E-state index contributed by atoms with van der Waals surface area (Å²) in [5.74, 6) is 0. The Labute approximate surface area is 95.9 Å². The molecule has 2 saturated heterocycles. The Hall–Kier alpha value is -0.810. The lowest BCUT2D eigenvalue weighted by Crippen LogP contribution is -2.48. The first-order valence-electron chi connectivity index (χ1n) is 6.15. The summed E-state index contributed by atoms with van der Waals surface area (Å²) in [6.07, 6.45) is 5.34. The number of nitrogens with zero attached hydrogens (tertiary/aromatic N) is 2. The summed E-state index contributed by atoms with van der Waals surface area (Å²) in [5, 5.41) is 8.30. The Kier molecular flexibility index (Phi) is 4.01. The van der Waals surface area contributed by atoms with Crippen molar-refractivity contribution in [1.82, 2.24) is 9.80 Å². The molecule has 0 aromatic heterocycles. The number of hydrogen-bond acceptors (Lipinski definition) is 4. The topological polar surface area (TPSA) is 53.0 Å². The van der Waals surface area contributed by atoms with Crippen molar-refractivity contribution >= 4 is 6.09 Å². The van der Waals surface area contributed by atoms with Crippen LogP contribution in [0.3, 0.4) is 0 Å². The second kappa shape index (κ2) is 5.50. The zero-order valence-electron chi connectivity index (χ0n) is 9.60. The van der Waals surface area contributed by atoms with Gasteiger partial charge in [0, 0.05) is 19.1 Å². The van der Waals surface area contributed by atoms with Crippen LogP contribution in [0.2, 0.25) is 0 Å². The van der Waals surface area contributed by atoms with E-state index in [9.17, 15) is 4.79 Å². The lowest BCUT2D eigenvalue weighted by molar-refractivity contribution is -0.189. The third kappa shape index (κ3) is 2.65. The summed E-state index contributed by atoms with van der Waals surface area (Å²) in [5.41, 5.74) is 0. The van der Waals surface area contributed by atoms with E-state index in [0.717, 1.165) is 12.8 Å². The van der Waals surface area contributed by atoms with Gasteiger partial charge in [0.05, 0.1) is 0 Å². The van der Waals surface area contributed by atoms with Gasteiger partial charge in [0.15, 0.2) is 0 Å². The number of amides is 1. The fraction of sp³-hybridized carbons (Fsp3) is 0.909. The van der Waals surface area contributed by atoms with E-state index >= 15 is 0 Å². The van der Waals surface area contributed by atoms with Gasteiger partial charge in [0.1, 0.15) is 0 Å². The number of piperidine rings is 2. The highest BCUT2D eigenvalue weighted by Crippen LogP contribution is 2.20. The van der Waals surface area contributed by atoms with E-state index in [0.29, 0.717) is 19.1 Å². The maximum absolute atomic E-state index is 11.1. The van der Waals surface area contributed by atoms with Crippen LogP contribution in [0.5, 0.6) is 0 Å². The molecular formula is C11H20N2O3. The SMILES string of the molecule is O=C(OO)N1CCC(N2CCCCC2)CC1. The predicted octanol–water partition coefficient (Wildman–Crippen LogP) is 1.55. The van der Waals surface area contributed by atoms with Crippen LogP contribution < -0.4 is 0 Å².